The van der Waals surface area contributed by atoms with Crippen LogP contribution in [0.15, 0.2) is 36.4 Å². The molecule has 0 aliphatic carbocycles. The maximum atomic E-state index is 11.4. The van der Waals surface area contributed by atoms with Crippen molar-refractivity contribution in [1.29, 1.82) is 0 Å². The van der Waals surface area contributed by atoms with E-state index in [2.05, 4.69) is 49.5 Å². The number of unbranched alkanes of at least 4 members (excludes halogenated alkanes) is 1. The minimum atomic E-state index is -0.782. The van der Waals surface area contributed by atoms with Gasteiger partial charge in [-0.05, 0) is 49.4 Å². The number of aliphatic carboxylic acids is 1. The Morgan fingerprint density at radius 2 is 1.81 bits per heavy atom. The Hall–Kier alpha value is -2.33. The fourth-order valence-electron chi connectivity index (χ4n) is 3.29. The summed E-state index contributed by atoms with van der Waals surface area (Å²) in [5.74, 6) is 0.121. The molecule has 0 bridgehead atoms. The Morgan fingerprint density at radius 1 is 1.11 bits per heavy atom. The van der Waals surface area contributed by atoms with Crippen molar-refractivity contribution in [2.75, 3.05) is 0 Å². The van der Waals surface area contributed by atoms with Gasteiger partial charge in [-0.1, -0.05) is 61.7 Å². The van der Waals surface area contributed by atoms with Crippen molar-refractivity contribution in [3.63, 3.8) is 0 Å². The van der Waals surface area contributed by atoms with Gasteiger partial charge in [-0.2, -0.15) is 0 Å². The molecule has 27 heavy (non-hydrogen) atoms. The zero-order valence-corrected chi connectivity index (χ0v) is 16.8. The highest BCUT2D eigenvalue weighted by Gasteiger charge is 2.16. The number of rotatable bonds is 10. The molecule has 0 saturated heterocycles. The van der Waals surface area contributed by atoms with E-state index in [1.54, 1.807) is 0 Å². The zero-order valence-electron chi connectivity index (χ0n) is 16.8. The standard InChI is InChI=1S/C23H31NO3/c1-5-6-10-21(23(25)26)24-14-20-12-17(3)22(18(4)13-20)27-15-19-9-7-8-16(2)11-19/h7-9,11-13,21,24H,5-6,10,14-15H2,1-4H3,(H,25,26)/t21-/m0/s1. The molecule has 0 aromatic heterocycles. The lowest BCUT2D eigenvalue weighted by atomic mass is 10.0. The molecule has 2 aromatic carbocycles. The topological polar surface area (TPSA) is 58.6 Å². The van der Waals surface area contributed by atoms with Gasteiger partial charge in [-0.25, -0.2) is 0 Å². The second kappa shape index (κ2) is 10.1. The first-order chi connectivity index (χ1) is 12.9. The number of benzene rings is 2. The average molecular weight is 370 g/mol. The minimum absolute atomic E-state index is 0.497. The Balaban J connectivity index is 2.01. The molecule has 2 rings (SSSR count). The van der Waals surface area contributed by atoms with Crippen LogP contribution in [0.4, 0.5) is 0 Å². The number of carboxylic acid groups (broad SMARTS) is 1. The molecular formula is C23H31NO3. The summed E-state index contributed by atoms with van der Waals surface area (Å²) in [6.07, 6.45) is 2.56. The van der Waals surface area contributed by atoms with Crippen molar-refractivity contribution in [1.82, 2.24) is 5.32 Å². The normalized spacial score (nSPS) is 12.0. The molecular weight excluding hydrogens is 338 g/mol. The molecule has 0 amide bonds. The highest BCUT2D eigenvalue weighted by molar-refractivity contribution is 5.73. The summed E-state index contributed by atoms with van der Waals surface area (Å²) in [7, 11) is 0. The van der Waals surface area contributed by atoms with E-state index in [0.29, 0.717) is 19.6 Å². The molecule has 2 aromatic rings. The van der Waals surface area contributed by atoms with Crippen LogP contribution in [0.5, 0.6) is 5.75 Å². The third-order valence-electron chi connectivity index (χ3n) is 4.68. The largest absolute Gasteiger partial charge is 0.488 e. The number of carbonyl (C=O) groups is 1. The van der Waals surface area contributed by atoms with Gasteiger partial charge in [-0.3, -0.25) is 4.79 Å². The highest BCUT2D eigenvalue weighted by Crippen LogP contribution is 2.26. The van der Waals surface area contributed by atoms with Gasteiger partial charge in [-0.15, -0.1) is 0 Å². The van der Waals surface area contributed by atoms with Crippen LogP contribution in [-0.4, -0.2) is 17.1 Å². The van der Waals surface area contributed by atoms with Crippen LogP contribution in [0.1, 0.15) is 54.0 Å². The summed E-state index contributed by atoms with van der Waals surface area (Å²) in [6.45, 7) is 9.30. The molecule has 0 spiro atoms. The molecule has 0 heterocycles. The molecule has 0 saturated carbocycles. The van der Waals surface area contributed by atoms with Crippen molar-refractivity contribution in [3.8, 4) is 5.75 Å². The van der Waals surface area contributed by atoms with Crippen LogP contribution < -0.4 is 10.1 Å². The maximum absolute atomic E-state index is 11.4. The SMILES string of the molecule is CCCC[C@H](NCc1cc(C)c(OCc2cccc(C)c2)c(C)c1)C(=O)O. The molecule has 0 fully saturated rings. The van der Waals surface area contributed by atoms with Gasteiger partial charge < -0.3 is 15.2 Å². The number of carboxylic acids is 1. The van der Waals surface area contributed by atoms with Gasteiger partial charge >= 0.3 is 5.97 Å². The molecule has 4 nitrogen and oxygen atoms in total. The third-order valence-corrected chi connectivity index (χ3v) is 4.68. The average Bonchev–Trinajstić information content (AvgIpc) is 2.61. The monoisotopic (exact) mass is 369 g/mol. The van der Waals surface area contributed by atoms with E-state index in [9.17, 15) is 9.90 Å². The number of hydrogen-bond donors (Lipinski definition) is 2. The summed E-state index contributed by atoms with van der Waals surface area (Å²) in [4.78, 5) is 11.4. The lowest BCUT2D eigenvalue weighted by Gasteiger charge is -2.17. The van der Waals surface area contributed by atoms with Crippen LogP contribution in [0.2, 0.25) is 0 Å². The van der Waals surface area contributed by atoms with Crippen LogP contribution in [-0.2, 0) is 17.9 Å². The summed E-state index contributed by atoms with van der Waals surface area (Å²) >= 11 is 0. The van der Waals surface area contributed by atoms with E-state index in [4.69, 9.17) is 4.74 Å². The van der Waals surface area contributed by atoms with Gasteiger partial charge in [0.05, 0.1) is 0 Å². The van der Waals surface area contributed by atoms with Crippen LogP contribution in [0.25, 0.3) is 0 Å². The Labute approximate surface area is 162 Å². The van der Waals surface area contributed by atoms with Gasteiger partial charge in [0.1, 0.15) is 18.4 Å². The summed E-state index contributed by atoms with van der Waals surface area (Å²) < 4.78 is 6.07. The summed E-state index contributed by atoms with van der Waals surface area (Å²) in [5, 5.41) is 12.5. The molecule has 146 valence electrons. The molecule has 1 atom stereocenters. The lowest BCUT2D eigenvalue weighted by molar-refractivity contribution is -0.139. The van der Waals surface area contributed by atoms with E-state index in [1.807, 2.05) is 19.9 Å². The van der Waals surface area contributed by atoms with Crippen molar-refractivity contribution in [2.24, 2.45) is 0 Å². The molecule has 4 heteroatoms. The van der Waals surface area contributed by atoms with Gasteiger partial charge in [0.25, 0.3) is 0 Å². The number of ether oxygens (including phenoxy) is 1. The van der Waals surface area contributed by atoms with E-state index in [0.717, 1.165) is 40.8 Å². The first-order valence-electron chi connectivity index (χ1n) is 9.65. The Morgan fingerprint density at radius 3 is 2.41 bits per heavy atom. The lowest BCUT2D eigenvalue weighted by Crippen LogP contribution is -2.36. The molecule has 0 unspecified atom stereocenters. The number of nitrogens with one attached hydrogen (secondary N) is 1. The second-order valence-corrected chi connectivity index (χ2v) is 7.25. The van der Waals surface area contributed by atoms with Crippen molar-refractivity contribution in [3.05, 3.63) is 64.2 Å². The van der Waals surface area contributed by atoms with E-state index in [-0.39, 0.29) is 0 Å². The van der Waals surface area contributed by atoms with Gasteiger partial charge in [0.15, 0.2) is 0 Å². The van der Waals surface area contributed by atoms with Crippen molar-refractivity contribution < 1.29 is 14.6 Å². The Kier molecular flexibility index (Phi) is 7.86. The van der Waals surface area contributed by atoms with Crippen molar-refractivity contribution >= 4 is 5.97 Å². The summed E-state index contributed by atoms with van der Waals surface area (Å²) in [6, 6.07) is 12.0. The van der Waals surface area contributed by atoms with E-state index >= 15 is 0 Å². The van der Waals surface area contributed by atoms with Crippen LogP contribution in [0, 0.1) is 20.8 Å². The Bertz CT molecular complexity index is 747. The predicted molar refractivity (Wildman–Crippen MR) is 109 cm³/mol. The third kappa shape index (κ3) is 6.40. The predicted octanol–water partition coefficient (Wildman–Crippen LogP) is 4.92. The molecule has 0 aliphatic rings. The molecule has 0 radical (unpaired) electrons. The smallest absolute Gasteiger partial charge is 0.320 e. The summed E-state index contributed by atoms with van der Waals surface area (Å²) in [5.41, 5.74) is 5.59. The maximum Gasteiger partial charge on any atom is 0.320 e. The van der Waals surface area contributed by atoms with Crippen LogP contribution >= 0.6 is 0 Å². The van der Waals surface area contributed by atoms with Crippen LogP contribution in [0.3, 0.4) is 0 Å². The molecule has 0 aliphatic heterocycles. The fourth-order valence-corrected chi connectivity index (χ4v) is 3.29. The fraction of sp³-hybridized carbons (Fsp3) is 0.435. The minimum Gasteiger partial charge on any atom is -0.488 e. The number of hydrogen-bond acceptors (Lipinski definition) is 3. The second-order valence-electron chi connectivity index (χ2n) is 7.25. The van der Waals surface area contributed by atoms with E-state index < -0.39 is 12.0 Å². The van der Waals surface area contributed by atoms with E-state index in [1.165, 1.54) is 5.56 Å². The van der Waals surface area contributed by atoms with Gasteiger partial charge in [0.2, 0.25) is 0 Å². The highest BCUT2D eigenvalue weighted by atomic mass is 16.5. The molecule has 2 N–H and O–H groups in total. The number of aryl methyl sites for hydroxylation is 3. The quantitative estimate of drug-likeness (QED) is 0.624. The first-order valence-corrected chi connectivity index (χ1v) is 9.65. The van der Waals surface area contributed by atoms with Gasteiger partial charge in [0, 0.05) is 6.54 Å². The van der Waals surface area contributed by atoms with Crippen molar-refractivity contribution in [2.45, 2.75) is 66.2 Å². The first kappa shape index (κ1) is 21.0. The zero-order chi connectivity index (χ0) is 19.8.